The van der Waals surface area contributed by atoms with E-state index in [-0.39, 0.29) is 11.1 Å². The van der Waals surface area contributed by atoms with Gasteiger partial charge in [0.1, 0.15) is 0 Å². The summed E-state index contributed by atoms with van der Waals surface area (Å²) in [4.78, 5) is 0. The molecule has 0 amide bonds. The maximum absolute atomic E-state index is 13.6. The quantitative estimate of drug-likeness (QED) is 0.836. The number of aliphatic hydroxyl groups excluding tert-OH is 1. The average molecular weight is 244 g/mol. The first-order valence-electron chi connectivity index (χ1n) is 5.57. The van der Waals surface area contributed by atoms with Crippen molar-refractivity contribution >= 4 is 17.3 Å². The van der Waals surface area contributed by atoms with Gasteiger partial charge in [0.2, 0.25) is 0 Å². The fraction of sp³-hybridized carbons (Fsp3) is 0.500. The lowest BCUT2D eigenvalue weighted by atomic mass is 9.92. The minimum atomic E-state index is -0.443. The summed E-state index contributed by atoms with van der Waals surface area (Å²) in [6, 6.07) is 4.78. The largest absolute Gasteiger partial charge is 0.391 e. The molecular weight excluding hydrogens is 229 g/mol. The third kappa shape index (κ3) is 2.47. The first-order valence-corrected chi connectivity index (χ1v) is 5.95. The van der Waals surface area contributed by atoms with E-state index < -0.39 is 11.9 Å². The van der Waals surface area contributed by atoms with E-state index in [1.807, 2.05) is 0 Å². The van der Waals surface area contributed by atoms with Gasteiger partial charge in [0, 0.05) is 0 Å². The van der Waals surface area contributed by atoms with Crippen LogP contribution >= 0.6 is 11.6 Å². The number of hydrogen-bond acceptors (Lipinski definition) is 2. The topological polar surface area (TPSA) is 32.3 Å². The summed E-state index contributed by atoms with van der Waals surface area (Å²) in [5.41, 5.74) is 0.374. The van der Waals surface area contributed by atoms with E-state index in [2.05, 4.69) is 5.32 Å². The van der Waals surface area contributed by atoms with Gasteiger partial charge < -0.3 is 10.4 Å². The van der Waals surface area contributed by atoms with Gasteiger partial charge in [-0.25, -0.2) is 4.39 Å². The zero-order chi connectivity index (χ0) is 11.5. The maximum Gasteiger partial charge on any atom is 0.164 e. The van der Waals surface area contributed by atoms with Crippen LogP contribution in [0.2, 0.25) is 5.02 Å². The first kappa shape index (κ1) is 11.7. The summed E-state index contributed by atoms with van der Waals surface area (Å²) < 4.78 is 13.6. The van der Waals surface area contributed by atoms with Gasteiger partial charge in [0.25, 0.3) is 0 Å². The van der Waals surface area contributed by atoms with Gasteiger partial charge in [-0.3, -0.25) is 0 Å². The molecule has 2 rings (SSSR count). The summed E-state index contributed by atoms with van der Waals surface area (Å²) in [5, 5.41) is 12.9. The van der Waals surface area contributed by atoms with E-state index in [0.29, 0.717) is 5.69 Å². The SMILES string of the molecule is OC1CCCCC1Nc1cccc(Cl)c1F. The molecular formula is C12H15ClFNO. The summed E-state index contributed by atoms with van der Waals surface area (Å²) >= 11 is 5.69. The molecule has 1 saturated carbocycles. The van der Waals surface area contributed by atoms with Gasteiger partial charge in [-0.15, -0.1) is 0 Å². The van der Waals surface area contributed by atoms with Crippen LogP contribution in [-0.4, -0.2) is 17.3 Å². The van der Waals surface area contributed by atoms with Crippen molar-refractivity contribution in [3.05, 3.63) is 29.0 Å². The molecule has 4 heteroatoms. The highest BCUT2D eigenvalue weighted by molar-refractivity contribution is 6.31. The molecule has 1 aliphatic carbocycles. The normalized spacial score (nSPS) is 25.4. The number of anilines is 1. The first-order chi connectivity index (χ1) is 7.68. The van der Waals surface area contributed by atoms with Crippen LogP contribution in [-0.2, 0) is 0 Å². The molecule has 0 bridgehead atoms. The monoisotopic (exact) mass is 243 g/mol. The summed E-state index contributed by atoms with van der Waals surface area (Å²) in [5.74, 6) is -0.443. The Morgan fingerprint density at radius 3 is 2.81 bits per heavy atom. The number of hydrogen-bond donors (Lipinski definition) is 2. The molecule has 16 heavy (non-hydrogen) atoms. The molecule has 2 atom stereocenters. The van der Waals surface area contributed by atoms with Crippen LogP contribution in [0.25, 0.3) is 0 Å². The molecule has 0 aliphatic heterocycles. The van der Waals surface area contributed by atoms with E-state index in [9.17, 15) is 9.50 Å². The van der Waals surface area contributed by atoms with Gasteiger partial charge in [-0.05, 0) is 25.0 Å². The van der Waals surface area contributed by atoms with Crippen molar-refractivity contribution in [2.24, 2.45) is 0 Å². The van der Waals surface area contributed by atoms with Gasteiger partial charge in [-0.1, -0.05) is 30.5 Å². The Labute approximate surface area is 99.4 Å². The molecule has 0 spiro atoms. The van der Waals surface area contributed by atoms with Crippen molar-refractivity contribution in [3.63, 3.8) is 0 Å². The van der Waals surface area contributed by atoms with E-state index in [4.69, 9.17) is 11.6 Å². The number of halogens is 2. The molecule has 0 radical (unpaired) electrons. The van der Waals surface area contributed by atoms with Crippen LogP contribution < -0.4 is 5.32 Å². The van der Waals surface area contributed by atoms with Crippen LogP contribution in [0, 0.1) is 5.82 Å². The predicted molar refractivity (Wildman–Crippen MR) is 63.3 cm³/mol. The van der Waals surface area contributed by atoms with Crippen molar-refractivity contribution in [2.75, 3.05) is 5.32 Å². The smallest absolute Gasteiger partial charge is 0.164 e. The van der Waals surface area contributed by atoms with Gasteiger partial charge >= 0.3 is 0 Å². The molecule has 1 aromatic carbocycles. The molecule has 2 unspecified atom stereocenters. The number of nitrogens with one attached hydrogen (secondary N) is 1. The van der Waals surface area contributed by atoms with Crippen LogP contribution in [0.1, 0.15) is 25.7 Å². The second-order valence-electron chi connectivity index (χ2n) is 4.20. The third-order valence-corrected chi connectivity index (χ3v) is 3.31. The summed E-state index contributed by atoms with van der Waals surface area (Å²) in [6.07, 6.45) is 3.36. The lowest BCUT2D eigenvalue weighted by Crippen LogP contribution is -2.36. The molecule has 1 aliphatic rings. The van der Waals surface area contributed by atoms with Crippen LogP contribution in [0.15, 0.2) is 18.2 Å². The summed E-state index contributed by atoms with van der Waals surface area (Å²) in [7, 11) is 0. The Balaban J connectivity index is 2.10. The standard InChI is InChI=1S/C12H15ClFNO/c13-8-4-3-6-10(12(8)14)15-9-5-1-2-7-11(9)16/h3-4,6,9,11,15-16H,1-2,5,7H2. The van der Waals surface area contributed by atoms with Crippen molar-refractivity contribution in [1.82, 2.24) is 0 Å². The molecule has 2 nitrogen and oxygen atoms in total. The highest BCUT2D eigenvalue weighted by Gasteiger charge is 2.23. The van der Waals surface area contributed by atoms with Gasteiger partial charge in [-0.2, -0.15) is 0 Å². The summed E-state index contributed by atoms with van der Waals surface area (Å²) in [6.45, 7) is 0. The van der Waals surface area contributed by atoms with Gasteiger partial charge in [0.15, 0.2) is 5.82 Å². The van der Waals surface area contributed by atoms with Crippen molar-refractivity contribution < 1.29 is 9.50 Å². The molecule has 1 fully saturated rings. The molecule has 0 heterocycles. The van der Waals surface area contributed by atoms with Gasteiger partial charge in [0.05, 0.1) is 22.9 Å². The lowest BCUT2D eigenvalue weighted by Gasteiger charge is -2.29. The van der Waals surface area contributed by atoms with Crippen molar-refractivity contribution in [2.45, 2.75) is 37.8 Å². The molecule has 1 aromatic rings. The number of benzene rings is 1. The third-order valence-electron chi connectivity index (χ3n) is 3.02. The van der Waals surface area contributed by atoms with Crippen LogP contribution in [0.3, 0.4) is 0 Å². The fourth-order valence-electron chi connectivity index (χ4n) is 2.09. The van der Waals surface area contributed by atoms with E-state index >= 15 is 0 Å². The number of rotatable bonds is 2. The Morgan fingerprint density at radius 2 is 2.06 bits per heavy atom. The second kappa shape index (κ2) is 5.02. The van der Waals surface area contributed by atoms with E-state index in [1.165, 1.54) is 6.07 Å². The number of aliphatic hydroxyl groups is 1. The fourth-order valence-corrected chi connectivity index (χ4v) is 2.27. The van der Waals surface area contributed by atoms with Crippen LogP contribution in [0.5, 0.6) is 0 Å². The zero-order valence-corrected chi connectivity index (χ0v) is 9.67. The lowest BCUT2D eigenvalue weighted by molar-refractivity contribution is 0.116. The van der Waals surface area contributed by atoms with E-state index in [0.717, 1.165) is 25.7 Å². The minimum absolute atomic E-state index is 0.0679. The van der Waals surface area contributed by atoms with Crippen molar-refractivity contribution in [3.8, 4) is 0 Å². The predicted octanol–water partition coefficient (Wildman–Crippen LogP) is 3.19. The Hall–Kier alpha value is -0.800. The molecule has 0 aromatic heterocycles. The molecule has 88 valence electrons. The highest BCUT2D eigenvalue weighted by Crippen LogP contribution is 2.26. The highest BCUT2D eigenvalue weighted by atomic mass is 35.5. The average Bonchev–Trinajstić information content (AvgIpc) is 2.28. The van der Waals surface area contributed by atoms with Crippen molar-refractivity contribution in [1.29, 1.82) is 0 Å². The maximum atomic E-state index is 13.6. The Bertz CT molecular complexity index is 372. The zero-order valence-electron chi connectivity index (χ0n) is 8.92. The Kier molecular flexibility index (Phi) is 3.66. The second-order valence-corrected chi connectivity index (χ2v) is 4.61. The molecule has 0 saturated heterocycles. The van der Waals surface area contributed by atoms with Crippen LogP contribution in [0.4, 0.5) is 10.1 Å². The molecule has 2 N–H and O–H groups in total. The minimum Gasteiger partial charge on any atom is -0.391 e. The van der Waals surface area contributed by atoms with E-state index in [1.54, 1.807) is 12.1 Å². The Morgan fingerprint density at radius 1 is 1.31 bits per heavy atom.